The minimum absolute atomic E-state index is 0.220. The molecule has 2 aromatic carbocycles. The fourth-order valence-electron chi connectivity index (χ4n) is 3.50. The number of fused-ring (bicyclic) bond motifs is 1. The van der Waals surface area contributed by atoms with E-state index in [2.05, 4.69) is 15.3 Å². The molecule has 1 unspecified atom stereocenters. The first-order chi connectivity index (χ1) is 15.0. The molecule has 0 fully saturated rings. The molecular weight excluding hydrogens is 392 g/mol. The molecule has 31 heavy (non-hydrogen) atoms. The monoisotopic (exact) mass is 414 g/mol. The Morgan fingerprint density at radius 3 is 2.84 bits per heavy atom. The van der Waals surface area contributed by atoms with Crippen LogP contribution in [-0.4, -0.2) is 35.6 Å². The number of anilines is 1. The number of ether oxygens (including phenoxy) is 1. The van der Waals surface area contributed by atoms with Crippen LogP contribution >= 0.6 is 0 Å². The van der Waals surface area contributed by atoms with Crippen molar-refractivity contribution in [1.82, 2.24) is 4.90 Å². The molecule has 0 saturated heterocycles. The van der Waals surface area contributed by atoms with Crippen molar-refractivity contribution in [3.05, 3.63) is 84.0 Å². The third kappa shape index (κ3) is 4.61. The smallest absolute Gasteiger partial charge is 0.349 e. The maximum atomic E-state index is 12.8. The van der Waals surface area contributed by atoms with Gasteiger partial charge in [0.1, 0.15) is 11.6 Å². The Bertz CT molecular complexity index is 1150. The summed E-state index contributed by atoms with van der Waals surface area (Å²) in [5.41, 5.74) is 3.07. The molecule has 0 bridgehead atoms. The Kier molecular flexibility index (Phi) is 5.75. The number of rotatable bonds is 4. The zero-order valence-corrected chi connectivity index (χ0v) is 17.3. The summed E-state index contributed by atoms with van der Waals surface area (Å²) < 4.78 is 5.28. The van der Waals surface area contributed by atoms with Gasteiger partial charge in [0.25, 0.3) is 0 Å². The summed E-state index contributed by atoms with van der Waals surface area (Å²) in [6.45, 7) is 2.16. The lowest BCUT2D eigenvalue weighted by Crippen LogP contribution is -2.46. The third-order valence-electron chi connectivity index (χ3n) is 4.97. The molecule has 0 saturated carbocycles. The van der Waals surface area contributed by atoms with E-state index >= 15 is 0 Å². The SMILES string of the molecule is COc1cccc(CN2C(=O)N=C3C=CC=CC3/C2=N/C(=O)Nc2cccc(C)c2)c1. The Labute approximate surface area is 180 Å². The molecule has 4 rings (SSSR count). The highest BCUT2D eigenvalue weighted by atomic mass is 16.5. The highest BCUT2D eigenvalue weighted by Gasteiger charge is 2.34. The predicted molar refractivity (Wildman–Crippen MR) is 121 cm³/mol. The summed E-state index contributed by atoms with van der Waals surface area (Å²) in [6.07, 6.45) is 7.31. The Hall–Kier alpha value is -4.00. The van der Waals surface area contributed by atoms with Crippen molar-refractivity contribution in [2.45, 2.75) is 13.5 Å². The van der Waals surface area contributed by atoms with Crippen molar-refractivity contribution in [2.24, 2.45) is 15.9 Å². The number of benzene rings is 2. The Morgan fingerprint density at radius 1 is 1.19 bits per heavy atom. The lowest BCUT2D eigenvalue weighted by molar-refractivity contribution is 0.226. The molecule has 0 radical (unpaired) electrons. The minimum Gasteiger partial charge on any atom is -0.497 e. The van der Waals surface area contributed by atoms with Crippen molar-refractivity contribution in [1.29, 1.82) is 0 Å². The van der Waals surface area contributed by atoms with Crippen molar-refractivity contribution in [3.8, 4) is 5.75 Å². The van der Waals surface area contributed by atoms with Gasteiger partial charge in [-0.1, -0.05) is 42.5 Å². The van der Waals surface area contributed by atoms with E-state index in [9.17, 15) is 9.59 Å². The van der Waals surface area contributed by atoms with E-state index in [4.69, 9.17) is 4.74 Å². The molecule has 7 heteroatoms. The highest BCUT2D eigenvalue weighted by Crippen LogP contribution is 2.24. The second kappa shape index (κ2) is 8.79. The summed E-state index contributed by atoms with van der Waals surface area (Å²) in [7, 11) is 1.59. The number of nitrogens with zero attached hydrogens (tertiary/aromatic N) is 3. The first-order valence-corrected chi connectivity index (χ1v) is 9.87. The number of methoxy groups -OCH3 is 1. The molecule has 0 spiro atoms. The average molecular weight is 414 g/mol. The molecule has 1 aliphatic carbocycles. The standard InChI is InChI=1S/C24H22N4O3/c1-16-7-5-9-18(13-16)25-23(29)27-22-20-11-3-4-12-21(20)26-24(30)28(22)15-17-8-6-10-19(14-17)31-2/h3-14,20H,15H2,1-2H3,(H,25,29)/b27-22-. The van der Waals surface area contributed by atoms with Gasteiger partial charge in [-0.15, -0.1) is 0 Å². The molecule has 2 aromatic rings. The molecule has 7 nitrogen and oxygen atoms in total. The van der Waals surface area contributed by atoms with E-state index in [0.29, 0.717) is 23.0 Å². The van der Waals surface area contributed by atoms with Crippen LogP contribution in [0.4, 0.5) is 15.3 Å². The number of allylic oxidation sites excluding steroid dienone is 3. The van der Waals surface area contributed by atoms with Crippen LogP contribution in [0, 0.1) is 12.8 Å². The zero-order chi connectivity index (χ0) is 21.8. The first-order valence-electron chi connectivity index (χ1n) is 9.87. The van der Waals surface area contributed by atoms with Gasteiger partial charge < -0.3 is 10.1 Å². The number of carbonyl (C=O) groups excluding carboxylic acids is 2. The molecule has 1 aliphatic heterocycles. The van der Waals surface area contributed by atoms with Crippen LogP contribution in [0.2, 0.25) is 0 Å². The van der Waals surface area contributed by atoms with Crippen LogP contribution in [0.3, 0.4) is 0 Å². The topological polar surface area (TPSA) is 83.4 Å². The van der Waals surface area contributed by atoms with Crippen LogP contribution < -0.4 is 10.1 Å². The fraction of sp³-hybridized carbons (Fsp3) is 0.167. The molecule has 1 heterocycles. The van der Waals surface area contributed by atoms with E-state index < -0.39 is 12.1 Å². The van der Waals surface area contributed by atoms with Crippen molar-refractivity contribution in [3.63, 3.8) is 0 Å². The van der Waals surface area contributed by atoms with Gasteiger partial charge in [-0.25, -0.2) is 9.59 Å². The minimum atomic E-state index is -0.548. The predicted octanol–water partition coefficient (Wildman–Crippen LogP) is 4.75. The number of urea groups is 2. The maximum Gasteiger partial charge on any atom is 0.349 e. The number of amides is 4. The summed E-state index contributed by atoms with van der Waals surface area (Å²) >= 11 is 0. The maximum absolute atomic E-state index is 12.8. The number of aliphatic imine (C=N–C) groups is 2. The number of hydrogen-bond donors (Lipinski definition) is 1. The molecule has 4 amide bonds. The van der Waals surface area contributed by atoms with Gasteiger partial charge in [0.05, 0.1) is 25.3 Å². The first kappa shape index (κ1) is 20.3. The van der Waals surface area contributed by atoms with Crippen LogP contribution in [-0.2, 0) is 6.54 Å². The zero-order valence-electron chi connectivity index (χ0n) is 17.3. The lowest BCUT2D eigenvalue weighted by atomic mass is 9.94. The van der Waals surface area contributed by atoms with Crippen LogP contribution in [0.5, 0.6) is 5.75 Å². The molecular formula is C24H22N4O3. The summed E-state index contributed by atoms with van der Waals surface area (Å²) in [5, 5.41) is 2.78. The quantitative estimate of drug-likeness (QED) is 0.783. The van der Waals surface area contributed by atoms with Crippen molar-refractivity contribution in [2.75, 3.05) is 12.4 Å². The largest absolute Gasteiger partial charge is 0.497 e. The van der Waals surface area contributed by atoms with Gasteiger partial charge in [0, 0.05) is 5.69 Å². The van der Waals surface area contributed by atoms with Gasteiger partial charge in [-0.2, -0.15) is 9.98 Å². The van der Waals surface area contributed by atoms with Gasteiger partial charge in [0.2, 0.25) is 0 Å². The van der Waals surface area contributed by atoms with Gasteiger partial charge in [0.15, 0.2) is 0 Å². The summed E-state index contributed by atoms with van der Waals surface area (Å²) in [4.78, 5) is 35.5. The second-order valence-corrected chi connectivity index (χ2v) is 7.25. The van der Waals surface area contributed by atoms with E-state index in [0.717, 1.165) is 11.1 Å². The number of carbonyl (C=O) groups is 2. The second-order valence-electron chi connectivity index (χ2n) is 7.25. The fourth-order valence-corrected chi connectivity index (χ4v) is 3.50. The molecule has 0 aromatic heterocycles. The Balaban J connectivity index is 1.67. The van der Waals surface area contributed by atoms with E-state index in [-0.39, 0.29) is 12.5 Å². The molecule has 2 aliphatic rings. The Morgan fingerprint density at radius 2 is 2.03 bits per heavy atom. The van der Waals surface area contributed by atoms with E-state index in [1.807, 2.05) is 67.6 Å². The van der Waals surface area contributed by atoms with Crippen LogP contribution in [0.15, 0.2) is 82.8 Å². The third-order valence-corrected chi connectivity index (χ3v) is 4.97. The molecule has 1 N–H and O–H groups in total. The number of amidine groups is 1. The summed E-state index contributed by atoms with van der Waals surface area (Å²) in [5.74, 6) is 0.641. The molecule has 1 atom stereocenters. The lowest BCUT2D eigenvalue weighted by Gasteiger charge is -2.31. The number of hydrogen-bond acceptors (Lipinski definition) is 3. The van der Waals surface area contributed by atoms with Gasteiger partial charge in [-0.3, -0.25) is 4.90 Å². The van der Waals surface area contributed by atoms with Crippen molar-refractivity contribution >= 4 is 29.3 Å². The van der Waals surface area contributed by atoms with Gasteiger partial charge >= 0.3 is 12.1 Å². The van der Waals surface area contributed by atoms with Crippen LogP contribution in [0.1, 0.15) is 11.1 Å². The van der Waals surface area contributed by atoms with E-state index in [1.165, 1.54) is 4.90 Å². The van der Waals surface area contributed by atoms with Gasteiger partial charge in [-0.05, 0) is 48.4 Å². The number of nitrogens with one attached hydrogen (secondary N) is 1. The normalized spacial score (nSPS) is 18.6. The van der Waals surface area contributed by atoms with Crippen molar-refractivity contribution < 1.29 is 14.3 Å². The highest BCUT2D eigenvalue weighted by molar-refractivity contribution is 6.24. The van der Waals surface area contributed by atoms with E-state index in [1.54, 1.807) is 19.3 Å². The summed E-state index contributed by atoms with van der Waals surface area (Å²) in [6, 6.07) is 13.8. The molecule has 156 valence electrons. The van der Waals surface area contributed by atoms with Crippen LogP contribution in [0.25, 0.3) is 0 Å². The average Bonchev–Trinajstić information content (AvgIpc) is 2.76. The number of aryl methyl sites for hydroxylation is 1.